The lowest BCUT2D eigenvalue weighted by atomic mass is 10.1. The molecule has 3 N–H and O–H groups in total. The summed E-state index contributed by atoms with van der Waals surface area (Å²) in [6.07, 6.45) is -3.34. The molecular formula is C22H21BrF4N6O3. The maximum Gasteiger partial charge on any atom is 0.490 e. The van der Waals surface area contributed by atoms with Gasteiger partial charge in [-0.1, -0.05) is 12.1 Å². The number of hydrogen-bond acceptors (Lipinski definition) is 6. The van der Waals surface area contributed by atoms with E-state index in [1.54, 1.807) is 23.2 Å². The van der Waals surface area contributed by atoms with Crippen LogP contribution >= 0.6 is 15.9 Å². The number of aromatic amines is 1. The number of carbonyl (C=O) groups is 2. The molecule has 1 amide bonds. The minimum Gasteiger partial charge on any atom is -0.475 e. The second kappa shape index (κ2) is 11.9. The zero-order valence-electron chi connectivity index (χ0n) is 18.6. The van der Waals surface area contributed by atoms with Crippen molar-refractivity contribution in [1.82, 2.24) is 25.0 Å². The van der Waals surface area contributed by atoms with Crippen molar-refractivity contribution in [3.63, 3.8) is 0 Å². The fraction of sp³-hybridized carbons (Fsp3) is 0.273. The Bertz CT molecular complexity index is 1180. The minimum atomic E-state index is -5.08. The highest BCUT2D eigenvalue weighted by Crippen LogP contribution is 2.21. The Morgan fingerprint density at radius 1 is 1.06 bits per heavy atom. The van der Waals surface area contributed by atoms with Crippen LogP contribution in [0.5, 0.6) is 0 Å². The number of anilines is 2. The zero-order chi connectivity index (χ0) is 26.3. The summed E-state index contributed by atoms with van der Waals surface area (Å²) in [5.41, 5.74) is 1.04. The number of carboxylic acids is 1. The van der Waals surface area contributed by atoms with Crippen LogP contribution in [0.2, 0.25) is 0 Å². The van der Waals surface area contributed by atoms with Gasteiger partial charge in [-0.25, -0.2) is 14.2 Å². The molecule has 1 aliphatic heterocycles. The maximum absolute atomic E-state index is 14.2. The van der Waals surface area contributed by atoms with E-state index in [4.69, 9.17) is 9.90 Å². The monoisotopic (exact) mass is 572 g/mol. The molecule has 0 radical (unpaired) electrons. The Morgan fingerprint density at radius 3 is 2.33 bits per heavy atom. The predicted octanol–water partition coefficient (Wildman–Crippen LogP) is 4.04. The highest BCUT2D eigenvalue weighted by molar-refractivity contribution is 9.10. The molecule has 1 aromatic carbocycles. The minimum absolute atomic E-state index is 0.103. The van der Waals surface area contributed by atoms with Gasteiger partial charge in [0.2, 0.25) is 0 Å². The smallest absolute Gasteiger partial charge is 0.475 e. The van der Waals surface area contributed by atoms with Gasteiger partial charge in [-0.15, -0.1) is 0 Å². The largest absolute Gasteiger partial charge is 0.490 e. The third-order valence-corrected chi connectivity index (χ3v) is 5.65. The summed E-state index contributed by atoms with van der Waals surface area (Å²) >= 11 is 3.14. The van der Waals surface area contributed by atoms with Crippen molar-refractivity contribution in [3.05, 3.63) is 70.2 Å². The number of rotatable bonds is 5. The summed E-state index contributed by atoms with van der Waals surface area (Å²) < 4.78 is 46.3. The second-order valence-electron chi connectivity index (χ2n) is 7.57. The summed E-state index contributed by atoms with van der Waals surface area (Å²) in [5, 5.41) is 17.1. The molecule has 36 heavy (non-hydrogen) atoms. The molecule has 2 aromatic heterocycles. The number of amides is 1. The van der Waals surface area contributed by atoms with Crippen LogP contribution in [0.3, 0.4) is 0 Å². The summed E-state index contributed by atoms with van der Waals surface area (Å²) in [6.45, 7) is 3.20. The molecule has 0 unspecified atom stereocenters. The molecule has 1 fully saturated rings. The van der Waals surface area contributed by atoms with Crippen LogP contribution < -0.4 is 5.32 Å². The van der Waals surface area contributed by atoms with Gasteiger partial charge in [0.25, 0.3) is 5.91 Å². The summed E-state index contributed by atoms with van der Waals surface area (Å²) in [5.74, 6) is -2.10. The number of hydrogen-bond donors (Lipinski definition) is 3. The van der Waals surface area contributed by atoms with Crippen molar-refractivity contribution in [3.8, 4) is 0 Å². The second-order valence-corrected chi connectivity index (χ2v) is 8.43. The predicted molar refractivity (Wildman–Crippen MR) is 125 cm³/mol. The standard InChI is InChI=1S/C20H20BrFN6O.C2HF3O2/c21-16-5-2-4-15(19(16)22)20(29)28-11-9-27(10-12-28)13-14-3-1-6-17(24-14)25-18-7-8-23-26-18;3-2(4,5)1(6)7/h1-8H,9-13H2,(H2,23,24,25,26);(H,6,7). The SMILES string of the molecule is O=C(O)C(F)(F)F.O=C(c1cccc(Br)c1F)N1CCN(Cc2cccc(Nc3cc[nH]n3)n2)CC1. The molecule has 1 saturated heterocycles. The fourth-order valence-corrected chi connectivity index (χ4v) is 3.64. The number of carbonyl (C=O) groups excluding carboxylic acids is 1. The average Bonchev–Trinajstić information content (AvgIpc) is 3.34. The lowest BCUT2D eigenvalue weighted by molar-refractivity contribution is -0.192. The maximum atomic E-state index is 14.2. The van der Waals surface area contributed by atoms with E-state index in [0.717, 1.165) is 11.5 Å². The van der Waals surface area contributed by atoms with Crippen LogP contribution in [0, 0.1) is 5.82 Å². The number of aliphatic carboxylic acids is 1. The molecule has 14 heteroatoms. The van der Waals surface area contributed by atoms with Gasteiger partial charge in [-0.05, 0) is 40.2 Å². The van der Waals surface area contributed by atoms with E-state index in [2.05, 4.69) is 41.3 Å². The van der Waals surface area contributed by atoms with Crippen LogP contribution in [0.1, 0.15) is 16.1 Å². The van der Waals surface area contributed by atoms with Crippen LogP contribution in [0.25, 0.3) is 0 Å². The number of nitrogens with one attached hydrogen (secondary N) is 2. The van der Waals surface area contributed by atoms with E-state index in [9.17, 15) is 22.4 Å². The number of H-pyrrole nitrogens is 1. The molecule has 0 aliphatic carbocycles. The molecular weight excluding hydrogens is 552 g/mol. The first kappa shape index (κ1) is 27.1. The molecule has 0 saturated carbocycles. The Morgan fingerprint density at radius 2 is 1.72 bits per heavy atom. The van der Waals surface area contributed by atoms with Crippen LogP contribution in [-0.2, 0) is 11.3 Å². The molecule has 3 aromatic rings. The first-order valence-electron chi connectivity index (χ1n) is 10.5. The van der Waals surface area contributed by atoms with Crippen molar-refractivity contribution in [2.24, 2.45) is 0 Å². The van der Waals surface area contributed by atoms with Crippen molar-refractivity contribution in [2.75, 3.05) is 31.5 Å². The zero-order valence-corrected chi connectivity index (χ0v) is 20.2. The lowest BCUT2D eigenvalue weighted by Crippen LogP contribution is -2.48. The molecule has 0 bridgehead atoms. The summed E-state index contributed by atoms with van der Waals surface area (Å²) in [4.78, 5) is 30.1. The molecule has 192 valence electrons. The third kappa shape index (κ3) is 7.49. The normalized spacial score (nSPS) is 14.1. The van der Waals surface area contributed by atoms with E-state index in [-0.39, 0.29) is 11.5 Å². The average molecular weight is 573 g/mol. The van der Waals surface area contributed by atoms with Crippen LogP contribution in [0.15, 0.2) is 53.1 Å². The molecule has 3 heterocycles. The molecule has 9 nitrogen and oxygen atoms in total. The van der Waals surface area contributed by atoms with Crippen molar-refractivity contribution in [1.29, 1.82) is 0 Å². The van der Waals surface area contributed by atoms with Gasteiger partial charge in [-0.2, -0.15) is 18.3 Å². The quantitative estimate of drug-likeness (QED) is 0.395. The van der Waals surface area contributed by atoms with Crippen LogP contribution in [-0.4, -0.2) is 74.3 Å². The van der Waals surface area contributed by atoms with Crippen molar-refractivity contribution in [2.45, 2.75) is 12.7 Å². The summed E-state index contributed by atoms with van der Waals surface area (Å²) in [7, 11) is 0. The van der Waals surface area contributed by atoms with Gasteiger partial charge < -0.3 is 15.3 Å². The number of piperazine rings is 1. The van der Waals surface area contributed by atoms with Gasteiger partial charge in [0.05, 0.1) is 15.7 Å². The number of pyridine rings is 1. The number of carboxylic acid groups (broad SMARTS) is 1. The lowest BCUT2D eigenvalue weighted by Gasteiger charge is -2.34. The highest BCUT2D eigenvalue weighted by atomic mass is 79.9. The van der Waals surface area contributed by atoms with E-state index >= 15 is 0 Å². The van der Waals surface area contributed by atoms with E-state index in [1.165, 1.54) is 6.07 Å². The van der Waals surface area contributed by atoms with Gasteiger partial charge in [0, 0.05) is 45.0 Å². The van der Waals surface area contributed by atoms with E-state index in [1.807, 2.05) is 24.3 Å². The molecule has 4 rings (SSSR count). The Balaban J connectivity index is 0.000000454. The molecule has 1 aliphatic rings. The van der Waals surface area contributed by atoms with Gasteiger partial charge in [-0.3, -0.25) is 14.8 Å². The van der Waals surface area contributed by atoms with Gasteiger partial charge >= 0.3 is 12.1 Å². The molecule has 0 atom stereocenters. The fourth-order valence-electron chi connectivity index (χ4n) is 3.28. The Labute approximate surface area is 211 Å². The number of alkyl halides is 3. The number of nitrogens with zero attached hydrogens (tertiary/aromatic N) is 4. The Kier molecular flexibility index (Phi) is 8.98. The van der Waals surface area contributed by atoms with E-state index in [0.29, 0.717) is 43.0 Å². The van der Waals surface area contributed by atoms with Gasteiger partial charge in [0.1, 0.15) is 11.6 Å². The summed E-state index contributed by atoms with van der Waals surface area (Å²) in [6, 6.07) is 12.4. The van der Waals surface area contributed by atoms with Crippen molar-refractivity contribution >= 4 is 39.4 Å². The first-order valence-corrected chi connectivity index (χ1v) is 11.3. The number of aromatic nitrogens is 3. The number of benzene rings is 1. The highest BCUT2D eigenvalue weighted by Gasteiger charge is 2.38. The molecule has 0 spiro atoms. The van der Waals surface area contributed by atoms with E-state index < -0.39 is 18.0 Å². The number of halogens is 5. The Hall–Kier alpha value is -3.52. The first-order chi connectivity index (χ1) is 17.0. The topological polar surface area (TPSA) is 114 Å². The third-order valence-electron chi connectivity index (χ3n) is 5.03. The van der Waals surface area contributed by atoms with Gasteiger partial charge in [0.15, 0.2) is 5.82 Å². The van der Waals surface area contributed by atoms with Crippen molar-refractivity contribution < 1.29 is 32.3 Å². The van der Waals surface area contributed by atoms with Crippen LogP contribution in [0.4, 0.5) is 29.2 Å².